The Morgan fingerprint density at radius 2 is 2.03 bits per heavy atom. The van der Waals surface area contributed by atoms with Crippen molar-refractivity contribution < 1.29 is 14.6 Å². The van der Waals surface area contributed by atoms with E-state index in [1.54, 1.807) is 7.11 Å². The fourth-order valence-electron chi connectivity index (χ4n) is 8.54. The zero-order valence-electron chi connectivity index (χ0n) is 21.7. The van der Waals surface area contributed by atoms with Crippen LogP contribution in [0.3, 0.4) is 0 Å². The SMILES string of the molecule is COC1C(O)C2=CC3=CCC4(C)C(c5cccc6cnccc56)=CCC4C34CCC2(CC1N(C)C)O4. The smallest absolute Gasteiger partial charge is 0.106 e. The lowest BCUT2D eigenvalue weighted by Gasteiger charge is -2.56. The minimum absolute atomic E-state index is 0.00121. The first-order valence-corrected chi connectivity index (χ1v) is 13.4. The van der Waals surface area contributed by atoms with E-state index in [0.29, 0.717) is 5.92 Å². The molecule has 1 aromatic carbocycles. The molecule has 3 aliphatic carbocycles. The van der Waals surface area contributed by atoms with Gasteiger partial charge in [-0.25, -0.2) is 0 Å². The summed E-state index contributed by atoms with van der Waals surface area (Å²) >= 11 is 0. The summed E-state index contributed by atoms with van der Waals surface area (Å²) in [5, 5.41) is 13.9. The molecule has 0 amide bonds. The summed E-state index contributed by atoms with van der Waals surface area (Å²) in [5.74, 6) is 0.379. The summed E-state index contributed by atoms with van der Waals surface area (Å²) in [4.78, 5) is 6.54. The molecule has 1 N–H and O–H groups in total. The van der Waals surface area contributed by atoms with Gasteiger partial charge in [-0.15, -0.1) is 0 Å². The van der Waals surface area contributed by atoms with Crippen molar-refractivity contribution in [1.82, 2.24) is 9.88 Å². The van der Waals surface area contributed by atoms with E-state index in [9.17, 15) is 5.11 Å². The van der Waals surface area contributed by atoms with E-state index >= 15 is 0 Å². The Morgan fingerprint density at radius 1 is 1.17 bits per heavy atom. The second-order valence-corrected chi connectivity index (χ2v) is 12.1. The third-order valence-electron chi connectivity index (χ3n) is 10.3. The van der Waals surface area contributed by atoms with Gasteiger partial charge in [-0.3, -0.25) is 4.98 Å². The number of aliphatic hydroxyl groups is 1. The first-order chi connectivity index (χ1) is 17.3. The average Bonchev–Trinajstić information content (AvgIpc) is 3.39. The molecule has 7 unspecified atom stereocenters. The second kappa shape index (κ2) is 7.61. The van der Waals surface area contributed by atoms with E-state index in [1.807, 2.05) is 12.4 Å². The quantitative estimate of drug-likeness (QED) is 0.671. The highest BCUT2D eigenvalue weighted by Crippen LogP contribution is 2.68. The summed E-state index contributed by atoms with van der Waals surface area (Å²) in [7, 11) is 5.88. The van der Waals surface area contributed by atoms with E-state index in [-0.39, 0.29) is 23.2 Å². The minimum Gasteiger partial charge on any atom is -0.386 e. The standard InChI is InChI=1S/C31H36N2O3/c1-29-12-10-20-16-24-27(34)28(35-4)25(33(2)3)17-30(24)13-14-31(20,36-30)26(29)9-8-23(29)22-7-5-6-19-18-32-15-11-21(19)22/h5-8,10-11,15-16,18,25-28,34H,9,12-14,17H2,1-4H3. The number of rotatable bonds is 3. The van der Waals surface area contributed by atoms with Crippen LogP contribution in [0, 0.1) is 11.3 Å². The van der Waals surface area contributed by atoms with Crippen molar-refractivity contribution in [2.24, 2.45) is 11.3 Å². The predicted molar refractivity (Wildman–Crippen MR) is 141 cm³/mol. The first-order valence-electron chi connectivity index (χ1n) is 13.4. The Kier molecular flexibility index (Phi) is 4.83. The van der Waals surface area contributed by atoms with Crippen LogP contribution < -0.4 is 0 Å². The lowest BCUT2D eigenvalue weighted by Crippen LogP contribution is -2.62. The maximum Gasteiger partial charge on any atom is 0.106 e. The maximum absolute atomic E-state index is 11.5. The molecular weight excluding hydrogens is 448 g/mol. The number of nitrogens with zero attached hydrogens (tertiary/aromatic N) is 2. The zero-order chi connectivity index (χ0) is 24.9. The van der Waals surface area contributed by atoms with E-state index in [2.05, 4.69) is 73.4 Å². The number of pyridine rings is 1. The Morgan fingerprint density at radius 3 is 2.83 bits per heavy atom. The van der Waals surface area contributed by atoms with Crippen LogP contribution in [0.25, 0.3) is 16.3 Å². The molecule has 1 aromatic heterocycles. The molecule has 2 aliphatic heterocycles. The van der Waals surface area contributed by atoms with Crippen molar-refractivity contribution in [2.75, 3.05) is 21.2 Å². The molecule has 3 heterocycles. The molecule has 5 nitrogen and oxygen atoms in total. The lowest BCUT2D eigenvalue weighted by molar-refractivity contribution is -0.166. The van der Waals surface area contributed by atoms with Gasteiger partial charge in [0, 0.05) is 42.3 Å². The molecule has 5 aliphatic rings. The molecule has 2 bridgehead atoms. The number of allylic oxidation sites excluding steroid dienone is 3. The molecule has 7 rings (SSSR count). The fraction of sp³-hybridized carbons (Fsp3) is 0.516. The third kappa shape index (κ3) is 2.78. The van der Waals surface area contributed by atoms with Crippen molar-refractivity contribution >= 4 is 16.3 Å². The number of aromatic nitrogens is 1. The van der Waals surface area contributed by atoms with Crippen LogP contribution in [-0.2, 0) is 9.47 Å². The maximum atomic E-state index is 11.5. The van der Waals surface area contributed by atoms with Gasteiger partial charge in [0.15, 0.2) is 0 Å². The topological polar surface area (TPSA) is 54.8 Å². The van der Waals surface area contributed by atoms with Gasteiger partial charge < -0.3 is 19.5 Å². The summed E-state index contributed by atoms with van der Waals surface area (Å²) in [6.07, 6.45) is 15.0. The van der Waals surface area contributed by atoms with E-state index < -0.39 is 11.7 Å². The van der Waals surface area contributed by atoms with Crippen molar-refractivity contribution in [3.8, 4) is 0 Å². The molecule has 2 aromatic rings. The van der Waals surface area contributed by atoms with Gasteiger partial charge in [0.25, 0.3) is 0 Å². The molecule has 2 spiro atoms. The Hall–Kier alpha value is -2.31. The van der Waals surface area contributed by atoms with E-state index in [1.165, 1.54) is 27.5 Å². The number of fused-ring (bicyclic) bond motifs is 2. The number of methoxy groups -OCH3 is 1. The van der Waals surface area contributed by atoms with Gasteiger partial charge in [0.2, 0.25) is 0 Å². The summed E-state index contributed by atoms with van der Waals surface area (Å²) in [6, 6.07) is 8.85. The van der Waals surface area contributed by atoms with E-state index in [0.717, 1.165) is 37.7 Å². The lowest BCUT2D eigenvalue weighted by atomic mass is 9.58. The second-order valence-electron chi connectivity index (χ2n) is 12.1. The molecule has 36 heavy (non-hydrogen) atoms. The van der Waals surface area contributed by atoms with Gasteiger partial charge in [-0.2, -0.15) is 0 Å². The highest BCUT2D eigenvalue weighted by molar-refractivity contribution is 5.95. The molecule has 2 fully saturated rings. The third-order valence-corrected chi connectivity index (χ3v) is 10.3. The highest BCUT2D eigenvalue weighted by Gasteiger charge is 2.67. The molecule has 0 radical (unpaired) electrons. The molecule has 188 valence electrons. The molecule has 1 saturated carbocycles. The Bertz CT molecular complexity index is 1340. The molecular formula is C31H36N2O3. The van der Waals surface area contributed by atoms with Crippen LogP contribution in [-0.4, -0.2) is 65.6 Å². The first kappa shape index (κ1) is 22.9. The fourth-order valence-corrected chi connectivity index (χ4v) is 8.54. The zero-order valence-corrected chi connectivity index (χ0v) is 21.7. The number of ether oxygens (including phenoxy) is 2. The van der Waals surface area contributed by atoms with Crippen LogP contribution in [0.4, 0.5) is 0 Å². The summed E-state index contributed by atoms with van der Waals surface area (Å²) in [6.45, 7) is 2.45. The largest absolute Gasteiger partial charge is 0.386 e. The average molecular weight is 485 g/mol. The number of likely N-dealkylation sites (N-methyl/N-ethyl adjacent to an activating group) is 1. The van der Waals surface area contributed by atoms with Crippen LogP contribution in [0.2, 0.25) is 0 Å². The van der Waals surface area contributed by atoms with Gasteiger partial charge >= 0.3 is 0 Å². The van der Waals surface area contributed by atoms with Crippen LogP contribution in [0.5, 0.6) is 0 Å². The minimum atomic E-state index is -0.650. The number of hydrogen-bond acceptors (Lipinski definition) is 5. The molecule has 7 atom stereocenters. The Labute approximate surface area is 213 Å². The van der Waals surface area contributed by atoms with Crippen molar-refractivity contribution in [2.45, 2.75) is 68.5 Å². The number of aliphatic hydroxyl groups excluding tert-OH is 1. The summed E-state index contributed by atoms with van der Waals surface area (Å²) in [5.41, 5.74) is 4.38. The van der Waals surface area contributed by atoms with Crippen molar-refractivity contribution in [3.05, 3.63) is 71.6 Å². The summed E-state index contributed by atoms with van der Waals surface area (Å²) < 4.78 is 13.2. The van der Waals surface area contributed by atoms with Gasteiger partial charge in [-0.1, -0.05) is 43.4 Å². The number of hydrogen-bond donors (Lipinski definition) is 1. The van der Waals surface area contributed by atoms with Crippen LogP contribution in [0.1, 0.15) is 44.6 Å². The van der Waals surface area contributed by atoms with E-state index in [4.69, 9.17) is 9.47 Å². The highest BCUT2D eigenvalue weighted by atomic mass is 16.5. The van der Waals surface area contributed by atoms with Gasteiger partial charge in [0.1, 0.15) is 12.2 Å². The normalized spacial score (nSPS) is 40.9. The van der Waals surface area contributed by atoms with Gasteiger partial charge in [0.05, 0.1) is 11.2 Å². The van der Waals surface area contributed by atoms with Crippen LogP contribution >= 0.6 is 0 Å². The molecule has 5 heteroatoms. The monoisotopic (exact) mass is 484 g/mol. The van der Waals surface area contributed by atoms with Crippen molar-refractivity contribution in [3.63, 3.8) is 0 Å². The van der Waals surface area contributed by atoms with Crippen LogP contribution in [0.15, 0.2) is 66.0 Å². The predicted octanol–water partition coefficient (Wildman–Crippen LogP) is 4.91. The van der Waals surface area contributed by atoms with Gasteiger partial charge in [-0.05, 0) is 79.9 Å². The molecule has 1 saturated heterocycles. The van der Waals surface area contributed by atoms with Crippen molar-refractivity contribution in [1.29, 1.82) is 0 Å². The Balaban J connectivity index is 1.32. The number of benzene rings is 1.